The number of thiocarbonyl (C=S) groups is 1. The van der Waals surface area contributed by atoms with Crippen molar-refractivity contribution >= 4 is 40.2 Å². The molecule has 0 unspecified atom stereocenters. The van der Waals surface area contributed by atoms with Gasteiger partial charge in [-0.1, -0.05) is 54.2 Å². The Kier molecular flexibility index (Phi) is 3.55. The topological polar surface area (TPSA) is 24.4 Å². The molecule has 1 heterocycles. The fourth-order valence-corrected chi connectivity index (χ4v) is 2.54. The maximum Gasteiger partial charge on any atom is 0.104 e. The molecule has 20 heavy (non-hydrogen) atoms. The summed E-state index contributed by atoms with van der Waals surface area (Å²) in [7, 11) is 0. The summed E-state index contributed by atoms with van der Waals surface area (Å²) in [6.45, 7) is 1.99. The lowest BCUT2D eigenvalue weighted by atomic mass is 10.0. The van der Waals surface area contributed by atoms with Gasteiger partial charge >= 0.3 is 0 Å². The van der Waals surface area contributed by atoms with Gasteiger partial charge in [-0.25, -0.2) is 0 Å². The highest BCUT2D eigenvalue weighted by Gasteiger charge is 2.20. The molecule has 0 aliphatic carbocycles. The molecular weight excluding hydrogens is 288 g/mol. The van der Waals surface area contributed by atoms with Crippen molar-refractivity contribution in [2.24, 2.45) is 4.99 Å². The number of rotatable bonds is 1. The molecule has 3 rings (SSSR count). The molecule has 1 aliphatic heterocycles. The Balaban J connectivity index is 2.23. The SMILES string of the molecule is C[C@@H]1N=C(c2ccccc2)c2cc(Cl)ccc2NC1=S. The molecule has 4 heteroatoms. The monoisotopic (exact) mass is 300 g/mol. The van der Waals surface area contributed by atoms with E-state index in [2.05, 4.69) is 5.32 Å². The van der Waals surface area contributed by atoms with E-state index in [9.17, 15) is 0 Å². The van der Waals surface area contributed by atoms with E-state index in [1.165, 1.54) is 0 Å². The number of halogens is 1. The summed E-state index contributed by atoms with van der Waals surface area (Å²) >= 11 is 11.5. The Labute approximate surface area is 128 Å². The number of nitrogens with one attached hydrogen (secondary N) is 1. The maximum absolute atomic E-state index is 6.14. The number of anilines is 1. The zero-order valence-corrected chi connectivity index (χ0v) is 12.5. The minimum atomic E-state index is -0.0635. The molecule has 2 aromatic carbocycles. The number of benzene rings is 2. The van der Waals surface area contributed by atoms with Crippen molar-refractivity contribution < 1.29 is 0 Å². The average Bonchev–Trinajstić information content (AvgIpc) is 2.58. The van der Waals surface area contributed by atoms with Crippen LogP contribution in [0.5, 0.6) is 0 Å². The second kappa shape index (κ2) is 5.35. The predicted octanol–water partition coefficient (Wildman–Crippen LogP) is 4.32. The molecular formula is C16H13ClN2S. The van der Waals surface area contributed by atoms with Crippen molar-refractivity contribution in [3.63, 3.8) is 0 Å². The molecule has 0 fully saturated rings. The van der Waals surface area contributed by atoms with Crippen LogP contribution in [0.2, 0.25) is 5.02 Å². The quantitative estimate of drug-likeness (QED) is 0.793. The van der Waals surface area contributed by atoms with Gasteiger partial charge in [0.05, 0.1) is 11.8 Å². The predicted molar refractivity (Wildman–Crippen MR) is 89.2 cm³/mol. The van der Waals surface area contributed by atoms with Gasteiger partial charge < -0.3 is 5.32 Å². The number of benzodiazepines with no additional fused rings is 1. The van der Waals surface area contributed by atoms with Crippen molar-refractivity contribution in [2.75, 3.05) is 5.32 Å². The van der Waals surface area contributed by atoms with Gasteiger partial charge in [-0.05, 0) is 25.1 Å². The summed E-state index contributed by atoms with van der Waals surface area (Å²) in [6.07, 6.45) is 0. The van der Waals surface area contributed by atoms with Crippen LogP contribution in [0.15, 0.2) is 53.5 Å². The molecule has 0 amide bonds. The highest BCUT2D eigenvalue weighted by molar-refractivity contribution is 7.80. The van der Waals surface area contributed by atoms with Gasteiger partial charge in [0.2, 0.25) is 0 Å². The Bertz CT molecular complexity index is 695. The Morgan fingerprint density at radius 1 is 1.15 bits per heavy atom. The van der Waals surface area contributed by atoms with Gasteiger partial charge in [0, 0.05) is 21.8 Å². The van der Waals surface area contributed by atoms with E-state index in [1.807, 2.05) is 55.5 Å². The van der Waals surface area contributed by atoms with Crippen LogP contribution in [0.25, 0.3) is 0 Å². The summed E-state index contributed by atoms with van der Waals surface area (Å²) in [5, 5.41) is 3.95. The van der Waals surface area contributed by atoms with Crippen molar-refractivity contribution in [3.05, 3.63) is 64.7 Å². The molecule has 0 bridgehead atoms. The van der Waals surface area contributed by atoms with E-state index in [-0.39, 0.29) is 6.04 Å². The molecule has 1 atom stereocenters. The number of aliphatic imine (C=N–C) groups is 1. The van der Waals surface area contributed by atoms with E-state index in [0.29, 0.717) is 5.02 Å². The Hall–Kier alpha value is -1.71. The second-order valence-electron chi connectivity index (χ2n) is 4.70. The molecule has 100 valence electrons. The lowest BCUT2D eigenvalue weighted by Crippen LogP contribution is -2.20. The van der Waals surface area contributed by atoms with Gasteiger partial charge in [0.15, 0.2) is 0 Å². The van der Waals surface area contributed by atoms with Crippen LogP contribution < -0.4 is 5.32 Å². The molecule has 2 nitrogen and oxygen atoms in total. The fourth-order valence-electron chi connectivity index (χ4n) is 2.21. The highest BCUT2D eigenvalue weighted by Crippen LogP contribution is 2.27. The third-order valence-electron chi connectivity index (χ3n) is 3.24. The third-order valence-corrected chi connectivity index (χ3v) is 3.92. The molecule has 0 radical (unpaired) electrons. The molecule has 0 spiro atoms. The first kappa shape index (κ1) is 13.3. The number of hydrogen-bond acceptors (Lipinski definition) is 2. The largest absolute Gasteiger partial charge is 0.348 e. The Morgan fingerprint density at radius 3 is 2.65 bits per heavy atom. The second-order valence-corrected chi connectivity index (χ2v) is 5.58. The van der Waals surface area contributed by atoms with Gasteiger partial charge in [-0.2, -0.15) is 0 Å². The van der Waals surface area contributed by atoms with Crippen LogP contribution in [0, 0.1) is 0 Å². The van der Waals surface area contributed by atoms with E-state index in [1.54, 1.807) is 0 Å². The van der Waals surface area contributed by atoms with Gasteiger partial charge in [0.25, 0.3) is 0 Å². The van der Waals surface area contributed by atoms with Crippen LogP contribution >= 0.6 is 23.8 Å². The van der Waals surface area contributed by atoms with Crippen LogP contribution in [-0.2, 0) is 0 Å². The van der Waals surface area contributed by atoms with Crippen LogP contribution in [0.4, 0.5) is 5.69 Å². The standard InChI is InChI=1S/C16H13ClN2S/c1-10-16(20)19-14-8-7-12(17)9-13(14)15(18-10)11-5-3-2-4-6-11/h2-10H,1H3,(H,19,20)/t10-/m0/s1. The summed E-state index contributed by atoms with van der Waals surface area (Å²) in [5.41, 5.74) is 3.92. The van der Waals surface area contributed by atoms with Gasteiger partial charge in [0.1, 0.15) is 4.99 Å². The summed E-state index contributed by atoms with van der Waals surface area (Å²) in [4.78, 5) is 5.49. The summed E-state index contributed by atoms with van der Waals surface area (Å²) in [5.74, 6) is 0. The Morgan fingerprint density at radius 2 is 1.90 bits per heavy atom. The van der Waals surface area contributed by atoms with Crippen molar-refractivity contribution in [3.8, 4) is 0 Å². The lowest BCUT2D eigenvalue weighted by molar-refractivity contribution is 0.991. The number of hydrogen-bond donors (Lipinski definition) is 1. The first-order chi connectivity index (χ1) is 9.65. The van der Waals surface area contributed by atoms with Crippen LogP contribution in [0.3, 0.4) is 0 Å². The van der Waals surface area contributed by atoms with Gasteiger partial charge in [-0.15, -0.1) is 0 Å². The highest BCUT2D eigenvalue weighted by atomic mass is 35.5. The first-order valence-electron chi connectivity index (χ1n) is 6.39. The zero-order chi connectivity index (χ0) is 14.1. The van der Waals surface area contributed by atoms with Crippen molar-refractivity contribution in [1.29, 1.82) is 0 Å². The lowest BCUT2D eigenvalue weighted by Gasteiger charge is -2.10. The zero-order valence-electron chi connectivity index (χ0n) is 10.9. The van der Waals surface area contributed by atoms with Gasteiger partial charge in [-0.3, -0.25) is 4.99 Å². The van der Waals surface area contributed by atoms with E-state index >= 15 is 0 Å². The average molecular weight is 301 g/mol. The van der Waals surface area contributed by atoms with E-state index in [4.69, 9.17) is 28.8 Å². The molecule has 2 aromatic rings. The van der Waals surface area contributed by atoms with Crippen molar-refractivity contribution in [2.45, 2.75) is 13.0 Å². The van der Waals surface area contributed by atoms with E-state index < -0.39 is 0 Å². The molecule has 0 saturated heterocycles. The molecule has 0 saturated carbocycles. The minimum Gasteiger partial charge on any atom is -0.348 e. The number of nitrogens with zero attached hydrogens (tertiary/aromatic N) is 1. The van der Waals surface area contributed by atoms with E-state index in [0.717, 1.165) is 27.5 Å². The number of fused-ring (bicyclic) bond motifs is 1. The van der Waals surface area contributed by atoms with Crippen LogP contribution in [0.1, 0.15) is 18.1 Å². The molecule has 1 aliphatic rings. The molecule has 1 N–H and O–H groups in total. The first-order valence-corrected chi connectivity index (χ1v) is 7.18. The fraction of sp³-hybridized carbons (Fsp3) is 0.125. The third kappa shape index (κ3) is 2.47. The van der Waals surface area contributed by atoms with Crippen molar-refractivity contribution in [1.82, 2.24) is 0 Å². The molecule has 0 aromatic heterocycles. The van der Waals surface area contributed by atoms with Crippen LogP contribution in [-0.4, -0.2) is 16.7 Å². The normalized spacial score (nSPS) is 17.8. The summed E-state index contributed by atoms with van der Waals surface area (Å²) in [6, 6.07) is 15.8. The smallest absolute Gasteiger partial charge is 0.104 e. The summed E-state index contributed by atoms with van der Waals surface area (Å²) < 4.78 is 0. The maximum atomic E-state index is 6.14. The minimum absolute atomic E-state index is 0.0635.